The number of hydrogen-bond acceptors (Lipinski definition) is 7. The highest BCUT2D eigenvalue weighted by Crippen LogP contribution is 2.35. The number of aromatic nitrogens is 6. The van der Waals surface area contributed by atoms with E-state index in [1.54, 1.807) is 0 Å². The predicted octanol–water partition coefficient (Wildman–Crippen LogP) is 2.84. The summed E-state index contributed by atoms with van der Waals surface area (Å²) in [6.07, 6.45) is 6.54. The van der Waals surface area contributed by atoms with E-state index in [1.165, 1.54) is 12.8 Å². The van der Waals surface area contributed by atoms with Crippen LogP contribution in [0.5, 0.6) is 0 Å². The van der Waals surface area contributed by atoms with Gasteiger partial charge in [-0.3, -0.25) is 4.68 Å². The summed E-state index contributed by atoms with van der Waals surface area (Å²) in [7, 11) is 0. The molecule has 1 saturated heterocycles. The molecule has 5 rings (SSSR count). The van der Waals surface area contributed by atoms with Gasteiger partial charge in [0.2, 0.25) is 5.95 Å². The third-order valence-electron chi connectivity index (χ3n) is 5.56. The molecule has 4 heterocycles. The summed E-state index contributed by atoms with van der Waals surface area (Å²) >= 11 is 0. The molecule has 1 aliphatic heterocycles. The second kappa shape index (κ2) is 6.48. The normalized spacial score (nSPS) is 22.8. The molecule has 0 radical (unpaired) electrons. The first-order valence-electron chi connectivity index (χ1n) is 9.92. The molecule has 0 bridgehead atoms. The zero-order valence-corrected chi connectivity index (χ0v) is 16.8. The van der Waals surface area contributed by atoms with E-state index in [0.29, 0.717) is 24.2 Å². The van der Waals surface area contributed by atoms with E-state index >= 15 is 0 Å². The standard InChI is InChI=1S/C20H25N7O/c1-11-8-26(10-17(28-11)15-7-21-27(9-15)16-5-6-16)20-24-14(4)18-19(25-20)23-13(3)12(2)22-18/h7,9,11,16-17H,5-6,8,10H2,1-4H3/t11-,17+/m1/s1. The van der Waals surface area contributed by atoms with Crippen LogP contribution in [0.4, 0.5) is 5.95 Å². The van der Waals surface area contributed by atoms with Crippen LogP contribution in [0, 0.1) is 20.8 Å². The summed E-state index contributed by atoms with van der Waals surface area (Å²) in [5.41, 5.74) is 5.22. The van der Waals surface area contributed by atoms with E-state index in [0.717, 1.165) is 34.7 Å². The molecule has 1 saturated carbocycles. The summed E-state index contributed by atoms with van der Waals surface area (Å²) < 4.78 is 8.28. The van der Waals surface area contributed by atoms with Crippen LogP contribution in [0.15, 0.2) is 12.4 Å². The van der Waals surface area contributed by atoms with Gasteiger partial charge in [0.15, 0.2) is 5.65 Å². The van der Waals surface area contributed by atoms with Crippen molar-refractivity contribution in [3.05, 3.63) is 35.0 Å². The largest absolute Gasteiger partial charge is 0.367 e. The van der Waals surface area contributed by atoms with Gasteiger partial charge in [-0.15, -0.1) is 0 Å². The molecule has 2 fully saturated rings. The molecular formula is C20H25N7O. The minimum Gasteiger partial charge on any atom is -0.367 e. The molecule has 146 valence electrons. The highest BCUT2D eigenvalue weighted by Gasteiger charge is 2.31. The average Bonchev–Trinajstić information content (AvgIpc) is 3.39. The first-order valence-corrected chi connectivity index (χ1v) is 9.92. The monoisotopic (exact) mass is 379 g/mol. The molecule has 0 N–H and O–H groups in total. The van der Waals surface area contributed by atoms with E-state index in [1.807, 2.05) is 27.0 Å². The Morgan fingerprint density at radius 1 is 0.964 bits per heavy atom. The third kappa shape index (κ3) is 3.11. The second-order valence-electron chi connectivity index (χ2n) is 8.00. The fraction of sp³-hybridized carbons (Fsp3) is 0.550. The van der Waals surface area contributed by atoms with Crippen LogP contribution in [-0.2, 0) is 4.74 Å². The molecule has 0 unspecified atom stereocenters. The minimum atomic E-state index is -0.0401. The Hall–Kier alpha value is -2.61. The topological polar surface area (TPSA) is 81.9 Å². The molecule has 1 aliphatic carbocycles. The highest BCUT2D eigenvalue weighted by atomic mass is 16.5. The Morgan fingerprint density at radius 3 is 2.54 bits per heavy atom. The lowest BCUT2D eigenvalue weighted by Gasteiger charge is -2.36. The molecule has 3 aromatic heterocycles. The Labute approximate surface area is 164 Å². The van der Waals surface area contributed by atoms with E-state index in [9.17, 15) is 0 Å². The fourth-order valence-corrected chi connectivity index (χ4v) is 3.73. The van der Waals surface area contributed by atoms with Crippen LogP contribution in [-0.4, -0.2) is 48.9 Å². The third-order valence-corrected chi connectivity index (χ3v) is 5.56. The van der Waals surface area contributed by atoms with Crippen LogP contribution >= 0.6 is 0 Å². The number of aryl methyl sites for hydroxylation is 3. The van der Waals surface area contributed by atoms with Gasteiger partial charge in [-0.25, -0.2) is 15.0 Å². The summed E-state index contributed by atoms with van der Waals surface area (Å²) in [6, 6.07) is 0.572. The van der Waals surface area contributed by atoms with Crippen LogP contribution in [0.25, 0.3) is 11.2 Å². The molecular weight excluding hydrogens is 354 g/mol. The van der Waals surface area contributed by atoms with Crippen LogP contribution in [0.3, 0.4) is 0 Å². The van der Waals surface area contributed by atoms with Crippen LogP contribution in [0.1, 0.15) is 54.6 Å². The van der Waals surface area contributed by atoms with Crippen LogP contribution < -0.4 is 4.90 Å². The maximum atomic E-state index is 6.21. The molecule has 0 amide bonds. The molecule has 8 heteroatoms. The highest BCUT2D eigenvalue weighted by molar-refractivity contribution is 5.74. The molecule has 2 aliphatic rings. The molecule has 28 heavy (non-hydrogen) atoms. The maximum absolute atomic E-state index is 6.21. The van der Waals surface area contributed by atoms with Crippen molar-refractivity contribution in [2.75, 3.05) is 18.0 Å². The number of rotatable bonds is 3. The average molecular weight is 379 g/mol. The number of nitrogens with zero attached hydrogens (tertiary/aromatic N) is 7. The van der Waals surface area contributed by atoms with E-state index in [-0.39, 0.29) is 12.2 Å². The van der Waals surface area contributed by atoms with E-state index in [2.05, 4.69) is 37.8 Å². The van der Waals surface area contributed by atoms with Gasteiger partial charge in [0.1, 0.15) is 11.6 Å². The van der Waals surface area contributed by atoms with Crippen molar-refractivity contribution in [1.82, 2.24) is 29.7 Å². The summed E-state index contributed by atoms with van der Waals surface area (Å²) in [6.45, 7) is 9.43. The lowest BCUT2D eigenvalue weighted by atomic mass is 10.1. The van der Waals surface area contributed by atoms with Crippen molar-refractivity contribution in [3.8, 4) is 0 Å². The van der Waals surface area contributed by atoms with Gasteiger partial charge in [0, 0.05) is 18.3 Å². The first kappa shape index (κ1) is 17.5. The summed E-state index contributed by atoms with van der Waals surface area (Å²) in [5, 5.41) is 4.52. The van der Waals surface area contributed by atoms with Gasteiger partial charge >= 0.3 is 0 Å². The van der Waals surface area contributed by atoms with Gasteiger partial charge in [0.05, 0.1) is 42.0 Å². The Balaban J connectivity index is 1.46. The molecule has 0 spiro atoms. The van der Waals surface area contributed by atoms with Crippen molar-refractivity contribution < 1.29 is 4.74 Å². The second-order valence-corrected chi connectivity index (χ2v) is 8.00. The zero-order chi connectivity index (χ0) is 19.4. The van der Waals surface area contributed by atoms with Gasteiger partial charge < -0.3 is 9.64 Å². The van der Waals surface area contributed by atoms with Crippen molar-refractivity contribution >= 4 is 17.1 Å². The summed E-state index contributed by atoms with van der Waals surface area (Å²) in [4.78, 5) is 20.9. The maximum Gasteiger partial charge on any atom is 0.227 e. The number of ether oxygens (including phenoxy) is 1. The van der Waals surface area contributed by atoms with E-state index in [4.69, 9.17) is 14.7 Å². The fourth-order valence-electron chi connectivity index (χ4n) is 3.73. The van der Waals surface area contributed by atoms with Crippen molar-refractivity contribution in [3.63, 3.8) is 0 Å². The van der Waals surface area contributed by atoms with Gasteiger partial charge in [0.25, 0.3) is 0 Å². The predicted molar refractivity (Wildman–Crippen MR) is 105 cm³/mol. The minimum absolute atomic E-state index is 0.0401. The van der Waals surface area contributed by atoms with Crippen molar-refractivity contribution in [2.45, 2.75) is 58.8 Å². The first-order chi connectivity index (χ1) is 13.5. The lowest BCUT2D eigenvalue weighted by molar-refractivity contribution is -0.0179. The van der Waals surface area contributed by atoms with E-state index < -0.39 is 0 Å². The van der Waals surface area contributed by atoms with Gasteiger partial charge in [-0.1, -0.05) is 0 Å². The smallest absolute Gasteiger partial charge is 0.227 e. The van der Waals surface area contributed by atoms with Crippen molar-refractivity contribution in [2.24, 2.45) is 0 Å². The summed E-state index contributed by atoms with van der Waals surface area (Å²) in [5.74, 6) is 0.692. The molecule has 8 nitrogen and oxygen atoms in total. The molecule has 0 aromatic carbocycles. The number of anilines is 1. The number of fused-ring (bicyclic) bond motifs is 1. The number of hydrogen-bond donors (Lipinski definition) is 0. The SMILES string of the molecule is Cc1nc2nc(N3C[C@@H](C)O[C@H](c4cnn(C5CC5)c4)C3)nc(C)c2nc1C. The van der Waals surface area contributed by atoms with Crippen LogP contribution in [0.2, 0.25) is 0 Å². The van der Waals surface area contributed by atoms with Crippen molar-refractivity contribution in [1.29, 1.82) is 0 Å². The van der Waals surface area contributed by atoms with Gasteiger partial charge in [-0.2, -0.15) is 10.1 Å². The lowest BCUT2D eigenvalue weighted by Crippen LogP contribution is -2.43. The Kier molecular flexibility index (Phi) is 4.04. The van der Waals surface area contributed by atoms with Gasteiger partial charge in [-0.05, 0) is 40.5 Å². The quantitative estimate of drug-likeness (QED) is 0.692. The molecule has 3 aromatic rings. The molecule has 2 atom stereocenters. The number of morpholine rings is 1. The Morgan fingerprint density at radius 2 is 1.75 bits per heavy atom. The zero-order valence-electron chi connectivity index (χ0n) is 16.8. The Bertz CT molecular complexity index is 1040.